The van der Waals surface area contributed by atoms with E-state index in [1.807, 2.05) is 0 Å². The minimum absolute atomic E-state index is 0.0738. The molecular weight excluding hydrogens is 368 g/mol. The number of amides is 1. The number of furan rings is 1. The van der Waals surface area contributed by atoms with E-state index < -0.39 is 16.1 Å². The first-order valence-electron chi connectivity index (χ1n) is 8.27. The van der Waals surface area contributed by atoms with E-state index in [0.29, 0.717) is 17.0 Å². The second-order valence-corrected chi connectivity index (χ2v) is 7.77. The Labute approximate surface area is 157 Å². The smallest absolute Gasteiger partial charge is 0.240 e. The van der Waals surface area contributed by atoms with Crippen LogP contribution >= 0.6 is 0 Å². The maximum atomic E-state index is 12.8. The molecule has 1 aromatic carbocycles. The first-order chi connectivity index (χ1) is 12.9. The number of nitrogens with one attached hydrogen (secondary N) is 2. The Bertz CT molecular complexity index is 978. The highest BCUT2D eigenvalue weighted by Crippen LogP contribution is 2.22. The number of benzene rings is 1. The predicted molar refractivity (Wildman–Crippen MR) is 99.7 cm³/mol. The van der Waals surface area contributed by atoms with E-state index in [9.17, 15) is 13.2 Å². The van der Waals surface area contributed by atoms with Crippen molar-refractivity contribution in [3.8, 4) is 0 Å². The highest BCUT2D eigenvalue weighted by atomic mass is 32.2. The van der Waals surface area contributed by atoms with E-state index in [0.717, 1.165) is 0 Å². The van der Waals surface area contributed by atoms with Gasteiger partial charge in [0.2, 0.25) is 15.9 Å². The lowest BCUT2D eigenvalue weighted by Gasteiger charge is -2.17. The van der Waals surface area contributed by atoms with Crippen LogP contribution in [0.4, 0.5) is 5.69 Å². The normalized spacial score (nSPS) is 12.7. The molecule has 2 heterocycles. The van der Waals surface area contributed by atoms with Crippen LogP contribution in [0, 0.1) is 6.92 Å². The number of rotatable bonds is 7. The molecule has 8 nitrogen and oxygen atoms in total. The van der Waals surface area contributed by atoms with Crippen LogP contribution in [0.5, 0.6) is 0 Å². The Morgan fingerprint density at radius 2 is 2.11 bits per heavy atom. The van der Waals surface area contributed by atoms with Crippen LogP contribution in [0.3, 0.4) is 0 Å². The Morgan fingerprint density at radius 3 is 2.70 bits per heavy atom. The highest BCUT2D eigenvalue weighted by molar-refractivity contribution is 7.89. The number of sulfonamides is 1. The zero-order valence-electron chi connectivity index (χ0n) is 14.9. The van der Waals surface area contributed by atoms with E-state index in [-0.39, 0.29) is 17.3 Å². The molecule has 3 rings (SSSR count). The van der Waals surface area contributed by atoms with Gasteiger partial charge in [-0.15, -0.1) is 0 Å². The van der Waals surface area contributed by atoms with Gasteiger partial charge in [0, 0.05) is 31.5 Å². The predicted octanol–water partition coefficient (Wildman–Crippen LogP) is 2.31. The van der Waals surface area contributed by atoms with Crippen molar-refractivity contribution < 1.29 is 17.6 Å². The standard InChI is InChI=1S/C18H20N4O4S/c1-13-11-15(21-14(2)23)6-7-18(13)27(24,25)20-12-16(17-5-3-10-26-17)22-9-4-8-19-22/h3-11,16,20H,12H2,1-2H3,(H,21,23)/t16-/m1/s1. The first-order valence-corrected chi connectivity index (χ1v) is 9.75. The van der Waals surface area contributed by atoms with Gasteiger partial charge in [0.1, 0.15) is 11.8 Å². The monoisotopic (exact) mass is 388 g/mol. The largest absolute Gasteiger partial charge is 0.467 e. The molecule has 0 saturated carbocycles. The lowest BCUT2D eigenvalue weighted by Crippen LogP contribution is -2.32. The molecule has 27 heavy (non-hydrogen) atoms. The molecule has 0 aliphatic heterocycles. The molecule has 142 valence electrons. The number of aryl methyl sites for hydroxylation is 1. The maximum absolute atomic E-state index is 12.8. The van der Waals surface area contributed by atoms with Crippen LogP contribution in [0.1, 0.15) is 24.3 Å². The van der Waals surface area contributed by atoms with Gasteiger partial charge in [0.05, 0.1) is 11.2 Å². The summed E-state index contributed by atoms with van der Waals surface area (Å²) >= 11 is 0. The molecule has 0 spiro atoms. The van der Waals surface area contributed by atoms with E-state index >= 15 is 0 Å². The van der Waals surface area contributed by atoms with Crippen molar-refractivity contribution in [2.75, 3.05) is 11.9 Å². The summed E-state index contributed by atoms with van der Waals surface area (Å²) in [5, 5.41) is 6.82. The Balaban J connectivity index is 1.80. The van der Waals surface area contributed by atoms with Gasteiger partial charge in [-0.25, -0.2) is 13.1 Å². The van der Waals surface area contributed by atoms with E-state index in [1.165, 1.54) is 19.3 Å². The lowest BCUT2D eigenvalue weighted by atomic mass is 10.2. The fourth-order valence-electron chi connectivity index (χ4n) is 2.77. The molecule has 2 aromatic heterocycles. The molecule has 0 aliphatic carbocycles. The van der Waals surface area contributed by atoms with E-state index in [4.69, 9.17) is 4.42 Å². The molecule has 2 N–H and O–H groups in total. The van der Waals surface area contributed by atoms with Crippen molar-refractivity contribution in [3.63, 3.8) is 0 Å². The molecule has 0 aliphatic rings. The summed E-state index contributed by atoms with van der Waals surface area (Å²) in [6.45, 7) is 3.15. The number of hydrogen-bond donors (Lipinski definition) is 2. The summed E-state index contributed by atoms with van der Waals surface area (Å²) in [6.07, 6.45) is 4.90. The first kappa shape index (κ1) is 18.9. The maximum Gasteiger partial charge on any atom is 0.240 e. The number of anilines is 1. The zero-order chi connectivity index (χ0) is 19.4. The fourth-order valence-corrected chi connectivity index (χ4v) is 4.03. The van der Waals surface area contributed by atoms with E-state index in [2.05, 4.69) is 15.1 Å². The zero-order valence-corrected chi connectivity index (χ0v) is 15.7. The molecule has 0 unspecified atom stereocenters. The van der Waals surface area contributed by atoms with Crippen LogP contribution < -0.4 is 10.0 Å². The Kier molecular flexibility index (Phi) is 5.43. The number of nitrogens with zero attached hydrogens (tertiary/aromatic N) is 2. The van der Waals surface area contributed by atoms with Crippen molar-refractivity contribution in [1.82, 2.24) is 14.5 Å². The van der Waals surface area contributed by atoms with Gasteiger partial charge >= 0.3 is 0 Å². The summed E-state index contributed by atoms with van der Waals surface area (Å²) in [6, 6.07) is 9.50. The van der Waals surface area contributed by atoms with Crippen molar-refractivity contribution in [2.24, 2.45) is 0 Å². The summed E-state index contributed by atoms with van der Waals surface area (Å²) in [5.74, 6) is 0.378. The molecule has 1 atom stereocenters. The van der Waals surface area contributed by atoms with Crippen molar-refractivity contribution in [1.29, 1.82) is 0 Å². The van der Waals surface area contributed by atoms with Crippen LogP contribution in [-0.2, 0) is 14.8 Å². The minimum atomic E-state index is -3.76. The average molecular weight is 388 g/mol. The molecule has 0 radical (unpaired) electrons. The Hall–Kier alpha value is -2.91. The quantitative estimate of drug-likeness (QED) is 0.646. The van der Waals surface area contributed by atoms with Crippen LogP contribution in [0.2, 0.25) is 0 Å². The summed E-state index contributed by atoms with van der Waals surface area (Å²) in [4.78, 5) is 11.3. The molecule has 0 bridgehead atoms. The third kappa shape index (κ3) is 4.44. The molecule has 3 aromatic rings. The number of aromatic nitrogens is 2. The second kappa shape index (κ2) is 7.77. The number of carbonyl (C=O) groups excluding carboxylic acids is 1. The van der Waals surface area contributed by atoms with Crippen LogP contribution in [0.25, 0.3) is 0 Å². The van der Waals surface area contributed by atoms with Gasteiger partial charge in [-0.1, -0.05) is 0 Å². The number of hydrogen-bond acceptors (Lipinski definition) is 5. The average Bonchev–Trinajstić information content (AvgIpc) is 3.28. The Morgan fingerprint density at radius 1 is 1.30 bits per heavy atom. The molecule has 1 amide bonds. The lowest BCUT2D eigenvalue weighted by molar-refractivity contribution is -0.114. The molecule has 0 saturated heterocycles. The molecular formula is C18H20N4O4S. The molecule has 9 heteroatoms. The van der Waals surface area contributed by atoms with Gasteiger partial charge in [-0.2, -0.15) is 5.10 Å². The van der Waals surface area contributed by atoms with Gasteiger partial charge in [0.15, 0.2) is 0 Å². The minimum Gasteiger partial charge on any atom is -0.467 e. The van der Waals surface area contributed by atoms with Crippen molar-refractivity contribution in [3.05, 3.63) is 66.4 Å². The number of carbonyl (C=O) groups is 1. The van der Waals surface area contributed by atoms with Gasteiger partial charge in [-0.05, 0) is 48.9 Å². The van der Waals surface area contributed by atoms with Crippen LogP contribution in [0.15, 0.2) is 64.4 Å². The summed E-state index contributed by atoms with van der Waals surface area (Å²) in [5.41, 5.74) is 1.08. The third-order valence-corrected chi connectivity index (χ3v) is 5.55. The van der Waals surface area contributed by atoms with Crippen LogP contribution in [-0.4, -0.2) is 30.7 Å². The van der Waals surface area contributed by atoms with Gasteiger partial charge in [0.25, 0.3) is 0 Å². The fraction of sp³-hybridized carbons (Fsp3) is 0.222. The highest BCUT2D eigenvalue weighted by Gasteiger charge is 2.23. The topological polar surface area (TPSA) is 106 Å². The third-order valence-electron chi connectivity index (χ3n) is 3.97. The SMILES string of the molecule is CC(=O)Nc1ccc(S(=O)(=O)NC[C@H](c2ccco2)n2cccn2)c(C)c1. The summed E-state index contributed by atoms with van der Waals surface area (Å²) < 4.78 is 35.2. The van der Waals surface area contributed by atoms with E-state index in [1.54, 1.807) is 54.3 Å². The van der Waals surface area contributed by atoms with Crippen molar-refractivity contribution >= 4 is 21.6 Å². The molecule has 0 fully saturated rings. The van der Waals surface area contributed by atoms with Gasteiger partial charge in [-0.3, -0.25) is 9.48 Å². The van der Waals surface area contributed by atoms with Crippen molar-refractivity contribution in [2.45, 2.75) is 24.8 Å². The second-order valence-electron chi connectivity index (χ2n) is 6.03. The summed E-state index contributed by atoms with van der Waals surface area (Å²) in [7, 11) is -3.76. The van der Waals surface area contributed by atoms with Gasteiger partial charge < -0.3 is 9.73 Å².